The molecule has 6 heteroatoms. The number of aromatic nitrogens is 3. The van der Waals surface area contributed by atoms with Crippen molar-refractivity contribution in [3.63, 3.8) is 0 Å². The summed E-state index contributed by atoms with van der Waals surface area (Å²) in [7, 11) is 1.57. The van der Waals surface area contributed by atoms with Crippen LogP contribution in [0.3, 0.4) is 0 Å². The lowest BCUT2D eigenvalue weighted by atomic mass is 10.1. The molecule has 0 aliphatic heterocycles. The number of pyridine rings is 1. The molecule has 0 saturated heterocycles. The summed E-state index contributed by atoms with van der Waals surface area (Å²) >= 11 is 3.21. The minimum atomic E-state index is -0.132. The second kappa shape index (κ2) is 5.05. The Balaban J connectivity index is 2.12. The van der Waals surface area contributed by atoms with Gasteiger partial charge in [0.25, 0.3) is 0 Å². The van der Waals surface area contributed by atoms with E-state index in [4.69, 9.17) is 4.74 Å². The summed E-state index contributed by atoms with van der Waals surface area (Å²) in [5.74, 6) is 0.509. The number of carbonyl (C=O) groups is 1. The molecule has 0 radical (unpaired) electrons. The van der Waals surface area contributed by atoms with E-state index in [1.54, 1.807) is 49.6 Å². The molecule has 5 nitrogen and oxygen atoms in total. The SMILES string of the molecule is COc1cccc(C(=O)c2cccc3nc(Br)nn23)c1. The van der Waals surface area contributed by atoms with Gasteiger partial charge in [-0.2, -0.15) is 0 Å². The van der Waals surface area contributed by atoms with Crippen molar-refractivity contribution in [2.45, 2.75) is 0 Å². The van der Waals surface area contributed by atoms with Crippen molar-refractivity contribution in [1.29, 1.82) is 0 Å². The molecule has 0 aliphatic carbocycles. The van der Waals surface area contributed by atoms with Gasteiger partial charge in [0, 0.05) is 5.56 Å². The van der Waals surface area contributed by atoms with Crippen LogP contribution in [-0.4, -0.2) is 27.5 Å². The highest BCUT2D eigenvalue weighted by atomic mass is 79.9. The summed E-state index contributed by atoms with van der Waals surface area (Å²) in [5, 5.41) is 4.17. The lowest BCUT2D eigenvalue weighted by molar-refractivity contribution is 0.103. The number of ether oxygens (including phenoxy) is 1. The first-order valence-electron chi connectivity index (χ1n) is 5.89. The largest absolute Gasteiger partial charge is 0.497 e. The van der Waals surface area contributed by atoms with E-state index in [0.717, 1.165) is 0 Å². The Morgan fingerprint density at radius 2 is 2.05 bits per heavy atom. The number of methoxy groups -OCH3 is 1. The lowest BCUT2D eigenvalue weighted by Crippen LogP contribution is -2.08. The number of fused-ring (bicyclic) bond motifs is 1. The van der Waals surface area contributed by atoms with Gasteiger partial charge < -0.3 is 4.74 Å². The Kier molecular flexibility index (Phi) is 3.23. The van der Waals surface area contributed by atoms with Crippen LogP contribution in [0.1, 0.15) is 16.1 Å². The Labute approximate surface area is 123 Å². The zero-order valence-corrected chi connectivity index (χ0v) is 12.2. The van der Waals surface area contributed by atoms with Gasteiger partial charge in [0.15, 0.2) is 5.65 Å². The molecule has 0 aliphatic rings. The quantitative estimate of drug-likeness (QED) is 0.692. The minimum Gasteiger partial charge on any atom is -0.497 e. The highest BCUT2D eigenvalue weighted by Crippen LogP contribution is 2.17. The summed E-state index contributed by atoms with van der Waals surface area (Å²) < 4.78 is 7.11. The number of hydrogen-bond donors (Lipinski definition) is 0. The molecule has 0 bridgehead atoms. The molecule has 20 heavy (non-hydrogen) atoms. The zero-order chi connectivity index (χ0) is 14.1. The van der Waals surface area contributed by atoms with Gasteiger partial charge in [-0.25, -0.2) is 9.50 Å². The highest BCUT2D eigenvalue weighted by molar-refractivity contribution is 9.10. The van der Waals surface area contributed by atoms with E-state index in [2.05, 4.69) is 26.0 Å². The maximum Gasteiger partial charge on any atom is 0.218 e. The summed E-state index contributed by atoms with van der Waals surface area (Å²) in [5.41, 5.74) is 1.61. The van der Waals surface area contributed by atoms with Gasteiger partial charge in [-0.15, -0.1) is 5.10 Å². The van der Waals surface area contributed by atoms with Crippen LogP contribution < -0.4 is 4.74 Å². The van der Waals surface area contributed by atoms with Crippen molar-refractivity contribution in [3.05, 3.63) is 58.5 Å². The van der Waals surface area contributed by atoms with E-state index in [1.807, 2.05) is 0 Å². The van der Waals surface area contributed by atoms with Gasteiger partial charge in [-0.1, -0.05) is 18.2 Å². The van der Waals surface area contributed by atoms with Gasteiger partial charge in [0.1, 0.15) is 11.4 Å². The number of rotatable bonds is 3. The van der Waals surface area contributed by atoms with Crippen LogP contribution in [0.25, 0.3) is 5.65 Å². The topological polar surface area (TPSA) is 56.5 Å². The summed E-state index contributed by atoms with van der Waals surface area (Å²) in [6.07, 6.45) is 0. The van der Waals surface area contributed by atoms with Crippen LogP contribution in [0.5, 0.6) is 5.75 Å². The molecule has 0 atom stereocenters. The van der Waals surface area contributed by atoms with Crippen molar-refractivity contribution < 1.29 is 9.53 Å². The Morgan fingerprint density at radius 1 is 1.25 bits per heavy atom. The third kappa shape index (κ3) is 2.18. The molecule has 0 spiro atoms. The van der Waals surface area contributed by atoms with E-state index in [9.17, 15) is 4.79 Å². The molecule has 2 aromatic heterocycles. The second-order valence-electron chi connectivity index (χ2n) is 4.12. The predicted molar refractivity (Wildman–Crippen MR) is 77.1 cm³/mol. The summed E-state index contributed by atoms with van der Waals surface area (Å²) in [4.78, 5) is 16.8. The maximum atomic E-state index is 12.6. The molecule has 100 valence electrons. The fourth-order valence-electron chi connectivity index (χ4n) is 1.96. The van der Waals surface area contributed by atoms with Crippen molar-refractivity contribution in [3.8, 4) is 5.75 Å². The van der Waals surface area contributed by atoms with Crippen molar-refractivity contribution >= 4 is 27.4 Å². The predicted octanol–water partition coefficient (Wildman–Crippen LogP) is 2.73. The van der Waals surface area contributed by atoms with Crippen LogP contribution >= 0.6 is 15.9 Å². The van der Waals surface area contributed by atoms with Crippen LogP contribution in [0, 0.1) is 0 Å². The Bertz CT molecular complexity index is 798. The number of benzene rings is 1. The molecule has 0 fully saturated rings. The van der Waals surface area contributed by atoms with Gasteiger partial charge in [0.05, 0.1) is 7.11 Å². The third-order valence-corrected chi connectivity index (χ3v) is 3.23. The van der Waals surface area contributed by atoms with Gasteiger partial charge >= 0.3 is 0 Å². The first kappa shape index (κ1) is 12.8. The number of carbonyl (C=O) groups excluding carboxylic acids is 1. The lowest BCUT2D eigenvalue weighted by Gasteiger charge is -2.05. The van der Waals surface area contributed by atoms with E-state index in [1.165, 1.54) is 4.52 Å². The van der Waals surface area contributed by atoms with Crippen LogP contribution in [-0.2, 0) is 0 Å². The van der Waals surface area contributed by atoms with E-state index < -0.39 is 0 Å². The fraction of sp³-hybridized carbons (Fsp3) is 0.0714. The van der Waals surface area contributed by atoms with E-state index in [0.29, 0.717) is 27.4 Å². The third-order valence-electron chi connectivity index (χ3n) is 2.90. The molecule has 0 unspecified atom stereocenters. The van der Waals surface area contributed by atoms with E-state index in [-0.39, 0.29) is 5.78 Å². The first-order valence-corrected chi connectivity index (χ1v) is 6.68. The molecular formula is C14H10BrN3O2. The number of hydrogen-bond acceptors (Lipinski definition) is 4. The van der Waals surface area contributed by atoms with Gasteiger partial charge in [0.2, 0.25) is 10.5 Å². The number of ketones is 1. The molecule has 0 saturated carbocycles. The van der Waals surface area contributed by atoms with E-state index >= 15 is 0 Å². The second-order valence-corrected chi connectivity index (χ2v) is 4.83. The van der Waals surface area contributed by atoms with Crippen LogP contribution in [0.4, 0.5) is 0 Å². The molecule has 1 aromatic carbocycles. The number of halogens is 1. The van der Waals surface area contributed by atoms with Crippen LogP contribution in [0.2, 0.25) is 0 Å². The van der Waals surface area contributed by atoms with Crippen molar-refractivity contribution in [1.82, 2.24) is 14.6 Å². The zero-order valence-electron chi connectivity index (χ0n) is 10.6. The Hall–Kier alpha value is -2.21. The molecule has 3 rings (SSSR count). The molecule has 0 N–H and O–H groups in total. The van der Waals surface area contributed by atoms with Gasteiger partial charge in [-0.05, 0) is 40.2 Å². The monoisotopic (exact) mass is 331 g/mol. The molecule has 0 amide bonds. The summed E-state index contributed by atoms with van der Waals surface area (Å²) in [6.45, 7) is 0. The summed E-state index contributed by atoms with van der Waals surface area (Å²) in [6, 6.07) is 12.3. The maximum absolute atomic E-state index is 12.6. The smallest absolute Gasteiger partial charge is 0.218 e. The molecular weight excluding hydrogens is 322 g/mol. The molecule has 2 heterocycles. The van der Waals surface area contributed by atoms with Gasteiger partial charge in [-0.3, -0.25) is 4.79 Å². The van der Waals surface area contributed by atoms with Crippen molar-refractivity contribution in [2.75, 3.05) is 7.11 Å². The number of nitrogens with zero attached hydrogens (tertiary/aromatic N) is 3. The van der Waals surface area contributed by atoms with Crippen LogP contribution in [0.15, 0.2) is 47.2 Å². The molecule has 3 aromatic rings. The average Bonchev–Trinajstić information content (AvgIpc) is 2.86. The van der Waals surface area contributed by atoms with Crippen molar-refractivity contribution in [2.24, 2.45) is 0 Å². The fourth-order valence-corrected chi connectivity index (χ4v) is 2.30. The standard InChI is InChI=1S/C14H10BrN3O2/c1-20-10-5-2-4-9(8-10)13(19)11-6-3-7-12-16-14(15)17-18(11)12/h2-8H,1H3. The minimum absolute atomic E-state index is 0.132. The Morgan fingerprint density at radius 3 is 2.85 bits per heavy atom. The normalized spacial score (nSPS) is 10.7. The first-order chi connectivity index (χ1) is 9.69. The average molecular weight is 332 g/mol. The highest BCUT2D eigenvalue weighted by Gasteiger charge is 2.15.